The number of nitrogens with one attached hydrogen (secondary N) is 2. The lowest BCUT2D eigenvalue weighted by atomic mass is 10.2. The monoisotopic (exact) mass is 458 g/mol. The second-order valence-electron chi connectivity index (χ2n) is 6.92. The minimum atomic E-state index is -3.64. The molecule has 0 atom stereocenters. The van der Waals surface area contributed by atoms with Crippen LogP contribution in [0.25, 0.3) is 0 Å². The molecule has 0 radical (unpaired) electrons. The van der Waals surface area contributed by atoms with Crippen LogP contribution in [-0.2, 0) is 16.4 Å². The van der Waals surface area contributed by atoms with E-state index < -0.39 is 10.0 Å². The molecule has 0 unspecified atom stereocenters. The van der Waals surface area contributed by atoms with Crippen LogP contribution >= 0.6 is 11.3 Å². The van der Waals surface area contributed by atoms with E-state index in [0.717, 1.165) is 11.3 Å². The van der Waals surface area contributed by atoms with Gasteiger partial charge in [-0.15, -0.1) is 11.3 Å². The topological polar surface area (TPSA) is 93.7 Å². The molecule has 1 aliphatic rings. The van der Waals surface area contributed by atoms with E-state index in [-0.39, 0.29) is 10.8 Å². The first kappa shape index (κ1) is 21.4. The van der Waals surface area contributed by atoms with Crippen molar-refractivity contribution in [1.29, 1.82) is 0 Å². The quantitative estimate of drug-likeness (QED) is 0.563. The zero-order valence-corrected chi connectivity index (χ0v) is 18.3. The van der Waals surface area contributed by atoms with E-state index >= 15 is 0 Å². The number of amides is 1. The Morgan fingerprint density at radius 2 is 1.77 bits per heavy atom. The molecule has 0 saturated heterocycles. The largest absolute Gasteiger partial charge is 0.490 e. The van der Waals surface area contributed by atoms with Crippen LogP contribution in [0.15, 0.2) is 64.9 Å². The van der Waals surface area contributed by atoms with Crippen molar-refractivity contribution in [2.75, 3.05) is 25.1 Å². The average Bonchev–Trinajstić information content (AvgIpc) is 3.17. The Morgan fingerprint density at radius 3 is 2.52 bits per heavy atom. The Bertz CT molecular complexity index is 1140. The molecule has 0 spiro atoms. The van der Waals surface area contributed by atoms with Crippen molar-refractivity contribution in [3.05, 3.63) is 70.4 Å². The third-order valence-electron chi connectivity index (χ3n) is 4.68. The van der Waals surface area contributed by atoms with Gasteiger partial charge in [0.25, 0.3) is 5.91 Å². The van der Waals surface area contributed by atoms with Crippen LogP contribution in [0.1, 0.15) is 21.7 Å². The molecule has 1 aromatic heterocycles. The number of hydrogen-bond acceptors (Lipinski definition) is 6. The van der Waals surface area contributed by atoms with Crippen LogP contribution in [0.5, 0.6) is 11.5 Å². The van der Waals surface area contributed by atoms with Crippen LogP contribution < -0.4 is 19.5 Å². The maximum absolute atomic E-state index is 12.6. The minimum absolute atomic E-state index is 0.116. The normalized spacial score (nSPS) is 13.4. The summed E-state index contributed by atoms with van der Waals surface area (Å²) in [6.07, 6.45) is 1.43. The van der Waals surface area contributed by atoms with Gasteiger partial charge in [-0.2, -0.15) is 0 Å². The van der Waals surface area contributed by atoms with E-state index in [4.69, 9.17) is 9.47 Å². The van der Waals surface area contributed by atoms with Gasteiger partial charge in [-0.1, -0.05) is 6.07 Å². The first-order chi connectivity index (χ1) is 15.0. The Morgan fingerprint density at radius 1 is 1.00 bits per heavy atom. The Balaban J connectivity index is 1.38. The van der Waals surface area contributed by atoms with Crippen molar-refractivity contribution in [2.24, 2.45) is 0 Å². The summed E-state index contributed by atoms with van der Waals surface area (Å²) in [5.74, 6) is 0.895. The number of rotatable bonds is 7. The predicted octanol–water partition coefficient (Wildman–Crippen LogP) is 3.68. The highest BCUT2D eigenvalue weighted by Crippen LogP contribution is 2.32. The van der Waals surface area contributed by atoms with Crippen molar-refractivity contribution in [1.82, 2.24) is 4.72 Å². The Kier molecular flexibility index (Phi) is 6.55. The van der Waals surface area contributed by atoms with Crippen LogP contribution in [-0.4, -0.2) is 34.1 Å². The fourth-order valence-corrected chi connectivity index (χ4v) is 4.82. The smallest absolute Gasteiger partial charge is 0.255 e. The van der Waals surface area contributed by atoms with E-state index in [1.807, 2.05) is 17.5 Å². The van der Waals surface area contributed by atoms with E-state index in [0.29, 0.717) is 48.9 Å². The van der Waals surface area contributed by atoms with E-state index in [2.05, 4.69) is 10.0 Å². The van der Waals surface area contributed by atoms with Gasteiger partial charge in [-0.05, 0) is 54.3 Å². The second kappa shape index (κ2) is 9.51. The highest BCUT2D eigenvalue weighted by Gasteiger charge is 2.16. The molecule has 0 saturated carbocycles. The van der Waals surface area contributed by atoms with E-state index in [1.165, 1.54) is 24.3 Å². The van der Waals surface area contributed by atoms with Crippen molar-refractivity contribution in [2.45, 2.75) is 17.7 Å². The molecule has 2 N–H and O–H groups in total. The first-order valence-corrected chi connectivity index (χ1v) is 12.2. The molecule has 0 aliphatic carbocycles. The molecule has 3 aromatic rings. The number of benzene rings is 2. The molecule has 9 heteroatoms. The number of carbonyl (C=O) groups is 1. The zero-order valence-electron chi connectivity index (χ0n) is 16.7. The van der Waals surface area contributed by atoms with Gasteiger partial charge in [0.2, 0.25) is 10.0 Å². The van der Waals surface area contributed by atoms with Gasteiger partial charge in [0, 0.05) is 35.2 Å². The number of sulfonamides is 1. The predicted molar refractivity (Wildman–Crippen MR) is 120 cm³/mol. The summed E-state index contributed by atoms with van der Waals surface area (Å²) in [5, 5.41) is 4.76. The molecule has 2 heterocycles. The van der Waals surface area contributed by atoms with Gasteiger partial charge in [0.15, 0.2) is 11.5 Å². The summed E-state index contributed by atoms with van der Waals surface area (Å²) in [4.78, 5) is 13.8. The van der Waals surface area contributed by atoms with Gasteiger partial charge in [-0.3, -0.25) is 4.79 Å². The molecule has 1 aliphatic heterocycles. The van der Waals surface area contributed by atoms with Gasteiger partial charge in [0.05, 0.1) is 18.1 Å². The first-order valence-electron chi connectivity index (χ1n) is 9.84. The van der Waals surface area contributed by atoms with Gasteiger partial charge >= 0.3 is 0 Å². The zero-order chi connectivity index (χ0) is 21.7. The van der Waals surface area contributed by atoms with Crippen molar-refractivity contribution >= 4 is 33.0 Å². The van der Waals surface area contributed by atoms with Crippen molar-refractivity contribution in [3.63, 3.8) is 0 Å². The molecule has 4 rings (SSSR count). The number of fused-ring (bicyclic) bond motifs is 1. The third kappa shape index (κ3) is 5.43. The highest BCUT2D eigenvalue weighted by molar-refractivity contribution is 7.89. The summed E-state index contributed by atoms with van der Waals surface area (Å²) >= 11 is 1.59. The average molecular weight is 459 g/mol. The summed E-state index contributed by atoms with van der Waals surface area (Å²) in [6, 6.07) is 15.0. The van der Waals surface area contributed by atoms with Gasteiger partial charge in [-0.25, -0.2) is 13.1 Å². The number of ether oxygens (including phenoxy) is 2. The van der Waals surface area contributed by atoms with Crippen LogP contribution in [0.2, 0.25) is 0 Å². The Labute approximate surface area is 185 Å². The Hall–Kier alpha value is -2.88. The molecule has 2 aromatic carbocycles. The van der Waals surface area contributed by atoms with Crippen LogP contribution in [0, 0.1) is 0 Å². The molecule has 31 heavy (non-hydrogen) atoms. The number of hydrogen-bond donors (Lipinski definition) is 2. The fourth-order valence-electron chi connectivity index (χ4n) is 3.08. The summed E-state index contributed by atoms with van der Waals surface area (Å²) in [7, 11) is -3.64. The van der Waals surface area contributed by atoms with Crippen LogP contribution in [0.4, 0.5) is 5.69 Å². The van der Waals surface area contributed by atoms with Crippen molar-refractivity contribution < 1.29 is 22.7 Å². The maximum atomic E-state index is 12.6. The van der Waals surface area contributed by atoms with Crippen LogP contribution in [0.3, 0.4) is 0 Å². The second-order valence-corrected chi connectivity index (χ2v) is 9.72. The summed E-state index contributed by atoms with van der Waals surface area (Å²) in [5.41, 5.74) is 0.922. The molecular formula is C22H22N2O5S2. The summed E-state index contributed by atoms with van der Waals surface area (Å²) in [6.45, 7) is 1.47. The molecule has 7 nitrogen and oxygen atoms in total. The van der Waals surface area contributed by atoms with Crippen molar-refractivity contribution in [3.8, 4) is 11.5 Å². The highest BCUT2D eigenvalue weighted by atomic mass is 32.2. The molecule has 1 amide bonds. The SMILES string of the molecule is O=C(Nc1ccc2c(c1)OCCCO2)c1ccc(S(=O)(=O)NCCc2cccs2)cc1. The molecule has 0 bridgehead atoms. The standard InChI is InChI=1S/C22H22N2O5S2/c25-22(24-17-6-9-20-21(15-17)29-13-2-12-28-20)16-4-7-19(8-5-16)31(26,27)23-11-10-18-3-1-14-30-18/h1,3-9,14-15,23H,2,10-13H2,(H,24,25). The lowest BCUT2D eigenvalue weighted by molar-refractivity contribution is 0.102. The minimum Gasteiger partial charge on any atom is -0.490 e. The lowest BCUT2D eigenvalue weighted by Crippen LogP contribution is -2.26. The molecule has 0 fully saturated rings. The summed E-state index contributed by atoms with van der Waals surface area (Å²) < 4.78 is 38.7. The number of carbonyl (C=O) groups excluding carboxylic acids is 1. The molecule has 162 valence electrons. The number of thiophene rings is 1. The lowest BCUT2D eigenvalue weighted by Gasteiger charge is -2.11. The van der Waals surface area contributed by atoms with Gasteiger partial charge < -0.3 is 14.8 Å². The van der Waals surface area contributed by atoms with E-state index in [1.54, 1.807) is 29.5 Å². The van der Waals surface area contributed by atoms with Gasteiger partial charge in [0.1, 0.15) is 0 Å². The van der Waals surface area contributed by atoms with E-state index in [9.17, 15) is 13.2 Å². The third-order valence-corrected chi connectivity index (χ3v) is 7.09. The maximum Gasteiger partial charge on any atom is 0.255 e. The molecular weight excluding hydrogens is 436 g/mol. The number of anilines is 1. The fraction of sp³-hybridized carbons (Fsp3) is 0.227.